The van der Waals surface area contributed by atoms with Crippen LogP contribution in [0.3, 0.4) is 0 Å². The van der Waals surface area contributed by atoms with Gasteiger partial charge in [-0.25, -0.2) is 0 Å². The van der Waals surface area contributed by atoms with Crippen LogP contribution in [0.5, 0.6) is 0 Å². The Morgan fingerprint density at radius 2 is 1.67 bits per heavy atom. The molecular formula is C20H36N2O2. The summed E-state index contributed by atoms with van der Waals surface area (Å²) >= 11 is 0. The van der Waals surface area contributed by atoms with Crippen molar-refractivity contribution in [3.05, 3.63) is 0 Å². The Kier molecular flexibility index (Phi) is 7.12. The van der Waals surface area contributed by atoms with E-state index in [-0.39, 0.29) is 17.7 Å². The summed E-state index contributed by atoms with van der Waals surface area (Å²) in [6.07, 6.45) is 9.47. The molecule has 2 amide bonds. The van der Waals surface area contributed by atoms with Crippen LogP contribution in [0.4, 0.5) is 0 Å². The second-order valence-electron chi connectivity index (χ2n) is 8.75. The number of carbonyl (C=O) groups excluding carboxylic acids is 2. The Morgan fingerprint density at radius 1 is 0.958 bits per heavy atom. The minimum absolute atomic E-state index is 0.158. The van der Waals surface area contributed by atoms with Crippen LogP contribution >= 0.6 is 0 Å². The molecule has 0 radical (unpaired) electrons. The molecule has 24 heavy (non-hydrogen) atoms. The molecule has 1 aliphatic heterocycles. The van der Waals surface area contributed by atoms with Crippen molar-refractivity contribution in [2.24, 2.45) is 17.3 Å². The summed E-state index contributed by atoms with van der Waals surface area (Å²) in [5.74, 6) is 1.24. The Balaban J connectivity index is 1.69. The highest BCUT2D eigenvalue weighted by Crippen LogP contribution is 2.34. The van der Waals surface area contributed by atoms with Crippen molar-refractivity contribution in [1.82, 2.24) is 10.2 Å². The maximum absolute atomic E-state index is 12.4. The third-order valence-corrected chi connectivity index (χ3v) is 5.92. The summed E-state index contributed by atoms with van der Waals surface area (Å²) in [5, 5.41) is 2.98. The monoisotopic (exact) mass is 336 g/mol. The van der Waals surface area contributed by atoms with Gasteiger partial charge in [-0.3, -0.25) is 9.59 Å². The Hall–Kier alpha value is -1.06. The van der Waals surface area contributed by atoms with Gasteiger partial charge in [0.25, 0.3) is 0 Å². The zero-order chi connectivity index (χ0) is 17.6. The second kappa shape index (κ2) is 8.87. The van der Waals surface area contributed by atoms with Crippen molar-refractivity contribution in [1.29, 1.82) is 0 Å². The molecule has 4 nitrogen and oxygen atoms in total. The minimum atomic E-state index is 0.158. The fraction of sp³-hybridized carbons (Fsp3) is 0.900. The van der Waals surface area contributed by atoms with E-state index in [2.05, 4.69) is 26.1 Å². The maximum Gasteiger partial charge on any atom is 0.224 e. The number of rotatable bonds is 4. The molecule has 2 aliphatic rings. The summed E-state index contributed by atoms with van der Waals surface area (Å²) in [6.45, 7) is 9.15. The molecule has 1 atom stereocenters. The lowest BCUT2D eigenvalue weighted by molar-refractivity contribution is -0.131. The van der Waals surface area contributed by atoms with Gasteiger partial charge in [0.15, 0.2) is 0 Å². The summed E-state index contributed by atoms with van der Waals surface area (Å²) < 4.78 is 0. The van der Waals surface area contributed by atoms with Crippen LogP contribution in [0.1, 0.15) is 78.6 Å². The highest BCUT2D eigenvalue weighted by Gasteiger charge is 2.28. The lowest BCUT2D eigenvalue weighted by Crippen LogP contribution is -2.37. The fourth-order valence-electron chi connectivity index (χ4n) is 4.17. The molecule has 0 bridgehead atoms. The molecule has 2 fully saturated rings. The molecule has 2 rings (SSSR count). The quantitative estimate of drug-likeness (QED) is 0.850. The average molecular weight is 337 g/mol. The summed E-state index contributed by atoms with van der Waals surface area (Å²) in [5.41, 5.74) is 0.326. The standard InChI is InChI=1S/C20H36N2O2/c1-20(2,3)17-10-7-14-22(15-12-17)18(23)11-13-21-19(24)16-8-5-4-6-9-16/h16-17H,4-15H2,1-3H3,(H,21,24). The van der Waals surface area contributed by atoms with Gasteiger partial charge < -0.3 is 10.2 Å². The predicted molar refractivity (Wildman–Crippen MR) is 97.6 cm³/mol. The van der Waals surface area contributed by atoms with Crippen LogP contribution in [0, 0.1) is 17.3 Å². The molecule has 1 N–H and O–H groups in total. The van der Waals surface area contributed by atoms with Crippen LogP contribution in [0.25, 0.3) is 0 Å². The Bertz CT molecular complexity index is 422. The number of nitrogens with one attached hydrogen (secondary N) is 1. The number of carbonyl (C=O) groups is 2. The topological polar surface area (TPSA) is 49.4 Å². The van der Waals surface area contributed by atoms with E-state index in [4.69, 9.17) is 0 Å². The highest BCUT2D eigenvalue weighted by atomic mass is 16.2. The van der Waals surface area contributed by atoms with E-state index < -0.39 is 0 Å². The molecule has 1 heterocycles. The molecular weight excluding hydrogens is 300 g/mol. The normalized spacial score (nSPS) is 23.6. The van der Waals surface area contributed by atoms with E-state index in [0.29, 0.717) is 24.3 Å². The Morgan fingerprint density at radius 3 is 2.33 bits per heavy atom. The Labute approximate surface area is 147 Å². The van der Waals surface area contributed by atoms with Gasteiger partial charge in [0, 0.05) is 32.0 Å². The van der Waals surface area contributed by atoms with Crippen LogP contribution in [-0.4, -0.2) is 36.3 Å². The van der Waals surface area contributed by atoms with Gasteiger partial charge >= 0.3 is 0 Å². The number of hydrogen-bond donors (Lipinski definition) is 1. The number of hydrogen-bond acceptors (Lipinski definition) is 2. The molecule has 1 unspecified atom stereocenters. The van der Waals surface area contributed by atoms with Gasteiger partial charge in [0.05, 0.1) is 0 Å². The van der Waals surface area contributed by atoms with E-state index in [1.807, 2.05) is 4.90 Å². The van der Waals surface area contributed by atoms with Crippen LogP contribution < -0.4 is 5.32 Å². The van der Waals surface area contributed by atoms with E-state index in [1.54, 1.807) is 0 Å². The van der Waals surface area contributed by atoms with Gasteiger partial charge in [-0.2, -0.15) is 0 Å². The van der Waals surface area contributed by atoms with Crippen LogP contribution in [0.15, 0.2) is 0 Å². The molecule has 1 saturated carbocycles. The van der Waals surface area contributed by atoms with Crippen molar-refractivity contribution in [2.45, 2.75) is 78.6 Å². The van der Waals surface area contributed by atoms with Crippen molar-refractivity contribution in [3.63, 3.8) is 0 Å². The summed E-state index contributed by atoms with van der Waals surface area (Å²) in [6, 6.07) is 0. The molecule has 138 valence electrons. The molecule has 4 heteroatoms. The van der Waals surface area contributed by atoms with E-state index in [0.717, 1.165) is 38.8 Å². The smallest absolute Gasteiger partial charge is 0.224 e. The third kappa shape index (κ3) is 5.78. The zero-order valence-electron chi connectivity index (χ0n) is 15.9. The number of likely N-dealkylation sites (tertiary alicyclic amines) is 1. The van der Waals surface area contributed by atoms with Gasteiger partial charge in [0.1, 0.15) is 0 Å². The van der Waals surface area contributed by atoms with E-state index in [9.17, 15) is 9.59 Å². The highest BCUT2D eigenvalue weighted by molar-refractivity contribution is 5.80. The van der Waals surface area contributed by atoms with Gasteiger partial charge in [-0.1, -0.05) is 40.0 Å². The average Bonchev–Trinajstić information content (AvgIpc) is 2.81. The lowest BCUT2D eigenvalue weighted by Gasteiger charge is -2.29. The molecule has 0 aromatic heterocycles. The lowest BCUT2D eigenvalue weighted by atomic mass is 9.77. The second-order valence-corrected chi connectivity index (χ2v) is 8.75. The van der Waals surface area contributed by atoms with Crippen LogP contribution in [-0.2, 0) is 9.59 Å². The van der Waals surface area contributed by atoms with Gasteiger partial charge in [0.2, 0.25) is 11.8 Å². The predicted octanol–water partition coefficient (Wildman–Crippen LogP) is 3.75. The number of nitrogens with zero attached hydrogens (tertiary/aromatic N) is 1. The molecule has 0 aromatic rings. The summed E-state index contributed by atoms with van der Waals surface area (Å²) in [4.78, 5) is 26.6. The first kappa shape index (κ1) is 19.3. The minimum Gasteiger partial charge on any atom is -0.355 e. The molecule has 0 spiro atoms. The van der Waals surface area contributed by atoms with Gasteiger partial charge in [-0.15, -0.1) is 0 Å². The molecule has 1 aliphatic carbocycles. The first-order valence-electron chi connectivity index (χ1n) is 9.93. The first-order valence-corrected chi connectivity index (χ1v) is 9.93. The SMILES string of the molecule is CC(C)(C)C1CCCN(C(=O)CCNC(=O)C2CCCCC2)CC1. The van der Waals surface area contributed by atoms with Crippen LogP contribution in [0.2, 0.25) is 0 Å². The van der Waals surface area contributed by atoms with Gasteiger partial charge in [-0.05, 0) is 43.4 Å². The molecule has 1 saturated heterocycles. The zero-order valence-corrected chi connectivity index (χ0v) is 15.9. The van der Waals surface area contributed by atoms with E-state index in [1.165, 1.54) is 25.7 Å². The van der Waals surface area contributed by atoms with E-state index >= 15 is 0 Å². The first-order chi connectivity index (χ1) is 11.4. The number of amides is 2. The third-order valence-electron chi connectivity index (χ3n) is 5.92. The van der Waals surface area contributed by atoms with Crippen molar-refractivity contribution in [2.75, 3.05) is 19.6 Å². The largest absolute Gasteiger partial charge is 0.355 e. The molecule has 0 aromatic carbocycles. The van der Waals surface area contributed by atoms with Crippen molar-refractivity contribution >= 4 is 11.8 Å². The fourth-order valence-corrected chi connectivity index (χ4v) is 4.17. The summed E-state index contributed by atoms with van der Waals surface area (Å²) in [7, 11) is 0. The van der Waals surface area contributed by atoms with Crippen molar-refractivity contribution in [3.8, 4) is 0 Å². The maximum atomic E-state index is 12.4. The van der Waals surface area contributed by atoms with Crippen molar-refractivity contribution < 1.29 is 9.59 Å².